The van der Waals surface area contributed by atoms with Crippen LogP contribution in [0.15, 0.2) is 16.9 Å². The molecule has 0 spiro atoms. The SMILES string of the molecule is CC(C)N(CCC#N)c1c(Br)cncc1[N+](=O)[O-]. The number of nitrogens with zero attached hydrogens (tertiary/aromatic N) is 4. The number of rotatable bonds is 5. The number of aromatic nitrogens is 1. The van der Waals surface area contributed by atoms with E-state index in [1.807, 2.05) is 24.8 Å². The van der Waals surface area contributed by atoms with Gasteiger partial charge in [-0.3, -0.25) is 15.1 Å². The highest BCUT2D eigenvalue weighted by Crippen LogP contribution is 2.35. The molecule has 0 aliphatic carbocycles. The minimum Gasteiger partial charge on any atom is -0.362 e. The number of nitro groups is 1. The van der Waals surface area contributed by atoms with Gasteiger partial charge in [-0.15, -0.1) is 0 Å². The van der Waals surface area contributed by atoms with Crippen LogP contribution in [0.25, 0.3) is 0 Å². The third kappa shape index (κ3) is 3.17. The molecule has 0 aromatic carbocycles. The standard InChI is InChI=1S/C11H13BrN4O2/c1-8(2)15(5-3-4-13)11-9(12)6-14-7-10(11)16(17)18/h6-8H,3,5H2,1-2H3. The van der Waals surface area contributed by atoms with E-state index in [0.29, 0.717) is 23.1 Å². The Balaban J connectivity index is 3.26. The topological polar surface area (TPSA) is 83.1 Å². The predicted octanol–water partition coefficient (Wildman–Crippen LogP) is 2.88. The molecule has 0 amide bonds. The van der Waals surface area contributed by atoms with Crippen molar-refractivity contribution < 1.29 is 4.92 Å². The zero-order valence-corrected chi connectivity index (χ0v) is 11.7. The summed E-state index contributed by atoms with van der Waals surface area (Å²) >= 11 is 3.28. The number of anilines is 1. The second-order valence-electron chi connectivity index (χ2n) is 3.94. The van der Waals surface area contributed by atoms with Crippen LogP contribution in [0.3, 0.4) is 0 Å². The first-order valence-corrected chi connectivity index (χ1v) is 6.19. The molecule has 0 saturated carbocycles. The van der Waals surface area contributed by atoms with Crippen LogP contribution < -0.4 is 4.90 Å². The van der Waals surface area contributed by atoms with Crippen molar-refractivity contribution in [3.63, 3.8) is 0 Å². The lowest BCUT2D eigenvalue weighted by Gasteiger charge is -2.28. The molecular weight excluding hydrogens is 300 g/mol. The maximum absolute atomic E-state index is 11.0. The number of halogens is 1. The fraction of sp³-hybridized carbons (Fsp3) is 0.455. The molecule has 0 aliphatic heterocycles. The summed E-state index contributed by atoms with van der Waals surface area (Å²) < 4.78 is 0.559. The smallest absolute Gasteiger partial charge is 0.311 e. The summed E-state index contributed by atoms with van der Waals surface area (Å²) in [6.07, 6.45) is 3.05. The largest absolute Gasteiger partial charge is 0.362 e. The fourth-order valence-corrected chi connectivity index (χ4v) is 2.18. The van der Waals surface area contributed by atoms with E-state index in [2.05, 4.69) is 20.9 Å². The van der Waals surface area contributed by atoms with Crippen molar-refractivity contribution >= 4 is 27.3 Å². The molecule has 0 saturated heterocycles. The lowest BCUT2D eigenvalue weighted by atomic mass is 10.2. The van der Waals surface area contributed by atoms with Crippen molar-refractivity contribution in [3.8, 4) is 6.07 Å². The van der Waals surface area contributed by atoms with E-state index >= 15 is 0 Å². The predicted molar refractivity (Wildman–Crippen MR) is 71.3 cm³/mol. The Hall–Kier alpha value is -1.68. The van der Waals surface area contributed by atoms with Crippen molar-refractivity contribution in [1.82, 2.24) is 4.98 Å². The Morgan fingerprint density at radius 3 is 2.78 bits per heavy atom. The normalized spacial score (nSPS) is 10.2. The first-order chi connectivity index (χ1) is 8.49. The minimum absolute atomic E-state index is 0.0516. The summed E-state index contributed by atoms with van der Waals surface area (Å²) in [7, 11) is 0. The highest BCUT2D eigenvalue weighted by atomic mass is 79.9. The third-order valence-corrected chi connectivity index (χ3v) is 3.01. The zero-order valence-electron chi connectivity index (χ0n) is 10.1. The number of hydrogen-bond donors (Lipinski definition) is 0. The Morgan fingerprint density at radius 2 is 2.28 bits per heavy atom. The second kappa shape index (κ2) is 6.31. The number of nitriles is 1. The Kier molecular flexibility index (Phi) is 5.04. The second-order valence-corrected chi connectivity index (χ2v) is 4.80. The van der Waals surface area contributed by atoms with Crippen LogP contribution in [0.2, 0.25) is 0 Å². The van der Waals surface area contributed by atoms with E-state index in [-0.39, 0.29) is 11.7 Å². The van der Waals surface area contributed by atoms with Gasteiger partial charge in [0.15, 0.2) is 0 Å². The van der Waals surface area contributed by atoms with Crippen molar-refractivity contribution in [2.75, 3.05) is 11.4 Å². The van der Waals surface area contributed by atoms with Gasteiger partial charge in [-0.25, -0.2) is 0 Å². The van der Waals surface area contributed by atoms with Gasteiger partial charge in [0, 0.05) is 18.8 Å². The third-order valence-electron chi connectivity index (χ3n) is 2.43. The molecule has 18 heavy (non-hydrogen) atoms. The first kappa shape index (κ1) is 14.4. The zero-order chi connectivity index (χ0) is 13.7. The average molecular weight is 313 g/mol. The van der Waals surface area contributed by atoms with Crippen molar-refractivity contribution in [3.05, 3.63) is 27.0 Å². The summed E-state index contributed by atoms with van der Waals surface area (Å²) in [5.41, 5.74) is 0.413. The summed E-state index contributed by atoms with van der Waals surface area (Å²) in [5, 5.41) is 19.7. The van der Waals surface area contributed by atoms with Crippen LogP contribution >= 0.6 is 15.9 Å². The Morgan fingerprint density at radius 1 is 1.61 bits per heavy atom. The van der Waals surface area contributed by atoms with Crippen LogP contribution in [0.5, 0.6) is 0 Å². The van der Waals surface area contributed by atoms with Crippen LogP contribution in [0.1, 0.15) is 20.3 Å². The number of pyridine rings is 1. The molecule has 0 fully saturated rings. The van der Waals surface area contributed by atoms with E-state index < -0.39 is 4.92 Å². The van der Waals surface area contributed by atoms with Gasteiger partial charge >= 0.3 is 5.69 Å². The Labute approximate surface area is 114 Å². The molecule has 0 unspecified atom stereocenters. The number of hydrogen-bond acceptors (Lipinski definition) is 5. The molecular formula is C11H13BrN4O2. The lowest BCUT2D eigenvalue weighted by Crippen LogP contribution is -2.32. The van der Waals surface area contributed by atoms with Gasteiger partial charge in [0.05, 0.1) is 21.9 Å². The van der Waals surface area contributed by atoms with E-state index in [9.17, 15) is 10.1 Å². The van der Waals surface area contributed by atoms with E-state index in [1.54, 1.807) is 0 Å². The molecule has 96 valence electrons. The highest BCUT2D eigenvalue weighted by Gasteiger charge is 2.24. The first-order valence-electron chi connectivity index (χ1n) is 5.40. The maximum Gasteiger partial charge on any atom is 0.311 e. The molecule has 0 N–H and O–H groups in total. The minimum atomic E-state index is -0.463. The summed E-state index contributed by atoms with van der Waals surface area (Å²) in [6.45, 7) is 4.29. The highest BCUT2D eigenvalue weighted by molar-refractivity contribution is 9.10. The van der Waals surface area contributed by atoms with E-state index in [1.165, 1.54) is 12.4 Å². The van der Waals surface area contributed by atoms with Gasteiger partial charge in [0.1, 0.15) is 11.9 Å². The van der Waals surface area contributed by atoms with Gasteiger partial charge in [0.25, 0.3) is 0 Å². The maximum atomic E-state index is 11.0. The van der Waals surface area contributed by atoms with Crippen molar-refractivity contribution in [1.29, 1.82) is 5.26 Å². The summed E-state index contributed by atoms with van der Waals surface area (Å²) in [5.74, 6) is 0. The summed E-state index contributed by atoms with van der Waals surface area (Å²) in [4.78, 5) is 16.2. The molecule has 1 rings (SSSR count). The van der Waals surface area contributed by atoms with Gasteiger partial charge in [-0.2, -0.15) is 5.26 Å². The van der Waals surface area contributed by atoms with E-state index in [4.69, 9.17) is 5.26 Å². The Bertz CT molecular complexity index is 484. The van der Waals surface area contributed by atoms with Gasteiger partial charge in [-0.1, -0.05) is 0 Å². The quantitative estimate of drug-likeness (QED) is 0.616. The molecule has 6 nitrogen and oxygen atoms in total. The van der Waals surface area contributed by atoms with Crippen molar-refractivity contribution in [2.24, 2.45) is 0 Å². The fourth-order valence-electron chi connectivity index (χ4n) is 1.63. The molecule has 0 atom stereocenters. The van der Waals surface area contributed by atoms with Crippen LogP contribution in [0.4, 0.5) is 11.4 Å². The van der Waals surface area contributed by atoms with Crippen LogP contribution in [-0.2, 0) is 0 Å². The molecule has 1 aromatic rings. The molecule has 1 aromatic heterocycles. The van der Waals surface area contributed by atoms with Gasteiger partial charge < -0.3 is 4.90 Å². The van der Waals surface area contributed by atoms with Gasteiger partial charge in [0.2, 0.25) is 0 Å². The van der Waals surface area contributed by atoms with Crippen LogP contribution in [0, 0.1) is 21.4 Å². The molecule has 7 heteroatoms. The molecule has 0 aliphatic rings. The summed E-state index contributed by atoms with van der Waals surface area (Å²) in [6, 6.07) is 2.10. The van der Waals surface area contributed by atoms with Crippen molar-refractivity contribution in [2.45, 2.75) is 26.3 Å². The monoisotopic (exact) mass is 312 g/mol. The van der Waals surface area contributed by atoms with Crippen LogP contribution in [-0.4, -0.2) is 22.5 Å². The molecule has 0 radical (unpaired) electrons. The molecule has 1 heterocycles. The molecule has 0 bridgehead atoms. The lowest BCUT2D eigenvalue weighted by molar-refractivity contribution is -0.384. The average Bonchev–Trinajstić information content (AvgIpc) is 2.30. The van der Waals surface area contributed by atoms with Gasteiger partial charge in [-0.05, 0) is 29.8 Å². The van der Waals surface area contributed by atoms with E-state index in [0.717, 1.165) is 0 Å².